The molecular formula is C19H23N3O4S. The van der Waals surface area contributed by atoms with Crippen molar-refractivity contribution in [1.29, 1.82) is 0 Å². The van der Waals surface area contributed by atoms with Crippen molar-refractivity contribution >= 4 is 28.5 Å². The van der Waals surface area contributed by atoms with E-state index >= 15 is 0 Å². The summed E-state index contributed by atoms with van der Waals surface area (Å²) in [6.07, 6.45) is 1.91. The molecule has 0 aliphatic heterocycles. The third-order valence-corrected chi connectivity index (χ3v) is 4.26. The van der Waals surface area contributed by atoms with Gasteiger partial charge in [0.25, 0.3) is 0 Å². The number of nitrogens with zero attached hydrogens (tertiary/aromatic N) is 1. The predicted octanol–water partition coefficient (Wildman–Crippen LogP) is 3.81. The maximum absolute atomic E-state index is 12.0. The van der Waals surface area contributed by atoms with Crippen LogP contribution in [0.25, 0.3) is 11.3 Å². The smallest absolute Gasteiger partial charge is 0.408 e. The summed E-state index contributed by atoms with van der Waals surface area (Å²) in [5, 5.41) is 7.43. The number of rotatable bonds is 6. The number of nitrogens with one attached hydrogen (secondary N) is 2. The Morgan fingerprint density at radius 2 is 2.07 bits per heavy atom. The van der Waals surface area contributed by atoms with Crippen molar-refractivity contribution in [2.45, 2.75) is 45.3 Å². The molecule has 8 heteroatoms. The van der Waals surface area contributed by atoms with Crippen LogP contribution in [0.1, 0.15) is 33.6 Å². The van der Waals surface area contributed by atoms with E-state index in [1.165, 1.54) is 11.3 Å². The van der Waals surface area contributed by atoms with E-state index in [1.807, 2.05) is 29.6 Å². The van der Waals surface area contributed by atoms with Crippen molar-refractivity contribution in [2.75, 3.05) is 11.9 Å². The van der Waals surface area contributed by atoms with Crippen LogP contribution in [0.3, 0.4) is 0 Å². The van der Waals surface area contributed by atoms with E-state index in [0.29, 0.717) is 11.2 Å². The van der Waals surface area contributed by atoms with Gasteiger partial charge in [0.2, 0.25) is 5.91 Å². The minimum absolute atomic E-state index is 0.186. The molecule has 0 spiro atoms. The molecule has 1 heterocycles. The molecule has 1 saturated carbocycles. The summed E-state index contributed by atoms with van der Waals surface area (Å²) in [4.78, 5) is 28.0. The summed E-state index contributed by atoms with van der Waals surface area (Å²) in [5.74, 6) is 0.461. The largest absolute Gasteiger partial charge is 0.490 e. The Hall–Kier alpha value is -2.61. The first-order chi connectivity index (χ1) is 12.8. The van der Waals surface area contributed by atoms with Gasteiger partial charge in [-0.3, -0.25) is 4.79 Å². The lowest BCUT2D eigenvalue weighted by Gasteiger charge is -2.19. The monoisotopic (exact) mass is 389 g/mol. The first kappa shape index (κ1) is 19.2. The second kappa shape index (κ2) is 7.96. The van der Waals surface area contributed by atoms with Crippen molar-refractivity contribution in [3.63, 3.8) is 0 Å². The van der Waals surface area contributed by atoms with E-state index in [4.69, 9.17) is 9.47 Å². The fourth-order valence-electron chi connectivity index (χ4n) is 2.20. The van der Waals surface area contributed by atoms with Gasteiger partial charge in [-0.05, 0) is 45.7 Å². The van der Waals surface area contributed by atoms with Crippen molar-refractivity contribution < 1.29 is 19.1 Å². The van der Waals surface area contributed by atoms with Crippen LogP contribution in [0.4, 0.5) is 9.93 Å². The highest BCUT2D eigenvalue weighted by Crippen LogP contribution is 2.31. The number of hydrogen-bond acceptors (Lipinski definition) is 6. The fraction of sp³-hybridized carbons (Fsp3) is 0.421. The molecule has 2 N–H and O–H groups in total. The Morgan fingerprint density at radius 3 is 2.78 bits per heavy atom. The van der Waals surface area contributed by atoms with Crippen LogP contribution < -0.4 is 15.4 Å². The lowest BCUT2D eigenvalue weighted by Crippen LogP contribution is -2.37. The Balaban J connectivity index is 1.53. The first-order valence-electron chi connectivity index (χ1n) is 8.78. The molecule has 1 aliphatic rings. The average Bonchev–Trinajstić information content (AvgIpc) is 3.27. The molecule has 2 amide bonds. The number of carbonyl (C=O) groups excluding carboxylic acids is 2. The molecule has 1 fully saturated rings. The summed E-state index contributed by atoms with van der Waals surface area (Å²) in [7, 11) is 0. The lowest BCUT2D eigenvalue weighted by atomic mass is 10.2. The highest BCUT2D eigenvalue weighted by atomic mass is 32.1. The normalized spacial score (nSPS) is 13.7. The maximum Gasteiger partial charge on any atom is 0.408 e. The third-order valence-electron chi connectivity index (χ3n) is 3.50. The number of carbonyl (C=O) groups is 2. The predicted molar refractivity (Wildman–Crippen MR) is 104 cm³/mol. The van der Waals surface area contributed by atoms with Crippen LogP contribution in [0.5, 0.6) is 5.75 Å². The van der Waals surface area contributed by atoms with Crippen LogP contribution in [0.2, 0.25) is 0 Å². The number of amides is 2. The van der Waals surface area contributed by atoms with E-state index in [2.05, 4.69) is 15.6 Å². The number of alkyl carbamates (subject to hydrolysis) is 1. The second-order valence-corrected chi connectivity index (χ2v) is 8.14. The van der Waals surface area contributed by atoms with Crippen molar-refractivity contribution in [3.8, 4) is 17.0 Å². The minimum Gasteiger partial charge on any atom is -0.490 e. The summed E-state index contributed by atoms with van der Waals surface area (Å²) in [6.45, 7) is 5.09. The summed E-state index contributed by atoms with van der Waals surface area (Å²) in [6, 6.07) is 7.75. The standard InChI is InChI=1S/C19H23N3O4S/c1-19(2,3)26-18(24)20-10-16(23)22-17-21-15(11-27-17)12-5-4-6-14(9-12)25-13-7-8-13/h4-6,9,11,13H,7-8,10H2,1-3H3,(H,20,24)(H,21,22,23). The van der Waals surface area contributed by atoms with Gasteiger partial charge in [-0.25, -0.2) is 9.78 Å². The van der Waals surface area contributed by atoms with Crippen molar-refractivity contribution in [1.82, 2.24) is 10.3 Å². The zero-order valence-electron chi connectivity index (χ0n) is 15.6. The topological polar surface area (TPSA) is 89.5 Å². The number of thiazole rings is 1. The quantitative estimate of drug-likeness (QED) is 0.784. The molecule has 3 rings (SSSR count). The van der Waals surface area contributed by atoms with E-state index in [-0.39, 0.29) is 12.5 Å². The minimum atomic E-state index is -0.634. The van der Waals surface area contributed by atoms with E-state index in [1.54, 1.807) is 20.8 Å². The molecular weight excluding hydrogens is 366 g/mol. The molecule has 0 atom stereocenters. The highest BCUT2D eigenvalue weighted by molar-refractivity contribution is 7.14. The first-order valence-corrected chi connectivity index (χ1v) is 9.66. The van der Waals surface area contributed by atoms with Gasteiger partial charge in [-0.1, -0.05) is 12.1 Å². The SMILES string of the molecule is CC(C)(C)OC(=O)NCC(=O)Nc1nc(-c2cccc(OC3CC3)c2)cs1. The molecule has 7 nitrogen and oxygen atoms in total. The van der Waals surface area contributed by atoms with Crippen molar-refractivity contribution in [2.24, 2.45) is 0 Å². The van der Waals surface area contributed by atoms with Gasteiger partial charge in [0.1, 0.15) is 17.9 Å². The molecule has 0 bridgehead atoms. The highest BCUT2D eigenvalue weighted by Gasteiger charge is 2.23. The Labute approximate surface area is 162 Å². The van der Waals surface area contributed by atoms with Crippen LogP contribution in [-0.2, 0) is 9.53 Å². The number of anilines is 1. The van der Waals surface area contributed by atoms with Crippen LogP contribution in [0.15, 0.2) is 29.6 Å². The van der Waals surface area contributed by atoms with Gasteiger partial charge >= 0.3 is 6.09 Å². The summed E-state index contributed by atoms with van der Waals surface area (Å²) >= 11 is 1.32. The molecule has 2 aromatic rings. The summed E-state index contributed by atoms with van der Waals surface area (Å²) in [5.41, 5.74) is 1.08. The van der Waals surface area contributed by atoms with Gasteiger partial charge in [0, 0.05) is 10.9 Å². The van der Waals surface area contributed by atoms with Crippen molar-refractivity contribution in [3.05, 3.63) is 29.6 Å². The van der Waals surface area contributed by atoms with E-state index in [0.717, 1.165) is 29.8 Å². The molecule has 27 heavy (non-hydrogen) atoms. The summed E-state index contributed by atoms with van der Waals surface area (Å²) < 4.78 is 10.9. The number of ether oxygens (including phenoxy) is 2. The van der Waals surface area contributed by atoms with Gasteiger partial charge in [-0.15, -0.1) is 11.3 Å². The van der Waals surface area contributed by atoms with E-state index < -0.39 is 11.7 Å². The van der Waals surface area contributed by atoms with Crippen LogP contribution in [-0.4, -0.2) is 35.2 Å². The molecule has 0 unspecified atom stereocenters. The Bertz CT molecular complexity index is 824. The third kappa shape index (κ3) is 6.25. The van der Waals surface area contributed by atoms with Crippen LogP contribution in [0, 0.1) is 0 Å². The molecule has 1 aliphatic carbocycles. The van der Waals surface area contributed by atoms with Crippen LogP contribution >= 0.6 is 11.3 Å². The molecule has 144 valence electrons. The number of aromatic nitrogens is 1. The number of benzene rings is 1. The molecule has 0 saturated heterocycles. The van der Waals surface area contributed by atoms with Gasteiger partial charge < -0.3 is 20.1 Å². The molecule has 1 aromatic carbocycles. The van der Waals surface area contributed by atoms with Gasteiger partial charge in [0.15, 0.2) is 5.13 Å². The molecule has 1 aromatic heterocycles. The Kier molecular flexibility index (Phi) is 5.65. The lowest BCUT2D eigenvalue weighted by molar-refractivity contribution is -0.115. The van der Waals surface area contributed by atoms with Gasteiger partial charge in [0.05, 0.1) is 11.8 Å². The fourth-order valence-corrected chi connectivity index (χ4v) is 2.94. The average molecular weight is 389 g/mol. The maximum atomic E-state index is 12.0. The second-order valence-electron chi connectivity index (χ2n) is 7.29. The number of hydrogen-bond donors (Lipinski definition) is 2. The zero-order chi connectivity index (χ0) is 19.4. The Morgan fingerprint density at radius 1 is 1.30 bits per heavy atom. The van der Waals surface area contributed by atoms with E-state index in [9.17, 15) is 9.59 Å². The molecule has 0 radical (unpaired) electrons. The zero-order valence-corrected chi connectivity index (χ0v) is 16.4. The van der Waals surface area contributed by atoms with Gasteiger partial charge in [-0.2, -0.15) is 0 Å².